The molecule has 1 aliphatic rings. The van der Waals surface area contributed by atoms with Gasteiger partial charge in [0.25, 0.3) is 11.9 Å². The predicted molar refractivity (Wildman–Crippen MR) is 75.8 cm³/mol. The van der Waals surface area contributed by atoms with Crippen molar-refractivity contribution in [1.29, 1.82) is 0 Å². The molecule has 0 atom stereocenters. The van der Waals surface area contributed by atoms with Crippen LogP contribution in [-0.4, -0.2) is 31.5 Å². The third kappa shape index (κ3) is 2.22. The van der Waals surface area contributed by atoms with Crippen molar-refractivity contribution in [2.45, 2.75) is 18.8 Å². The molecule has 0 aliphatic heterocycles. The van der Waals surface area contributed by atoms with Crippen LogP contribution in [0, 0.1) is 0 Å². The van der Waals surface area contributed by atoms with E-state index in [0.29, 0.717) is 11.5 Å². The molecule has 104 valence electrons. The summed E-state index contributed by atoms with van der Waals surface area (Å²) < 4.78 is 0. The average molecular weight is 280 g/mol. The van der Waals surface area contributed by atoms with Crippen molar-refractivity contribution in [3.8, 4) is 0 Å². The molecule has 1 amide bonds. The highest BCUT2D eigenvalue weighted by Gasteiger charge is 2.27. The standard InChI is InChI=1S/C14H12N6O/c21-13(16-14-17-19-20-18-14)10-7-12(8-5-6-8)15-11-4-2-1-3-9(10)11/h1-4,7-8H,5-6H2,(H2,16,17,18,19,20,21). The Morgan fingerprint density at radius 1 is 1.29 bits per heavy atom. The number of carbonyl (C=O) groups excluding carboxylic acids is 1. The first kappa shape index (κ1) is 12.0. The second kappa shape index (κ2) is 4.62. The van der Waals surface area contributed by atoms with E-state index in [0.717, 1.165) is 29.4 Å². The molecule has 3 aromatic rings. The average Bonchev–Trinajstić information content (AvgIpc) is 3.24. The number of benzene rings is 1. The van der Waals surface area contributed by atoms with E-state index in [9.17, 15) is 4.79 Å². The summed E-state index contributed by atoms with van der Waals surface area (Å²) in [7, 11) is 0. The lowest BCUT2D eigenvalue weighted by atomic mass is 10.1. The Morgan fingerprint density at radius 2 is 2.14 bits per heavy atom. The second-order valence-corrected chi connectivity index (χ2v) is 5.08. The highest BCUT2D eigenvalue weighted by atomic mass is 16.1. The number of anilines is 1. The third-order valence-corrected chi connectivity index (χ3v) is 3.55. The first-order valence-electron chi connectivity index (χ1n) is 6.76. The summed E-state index contributed by atoms with van der Waals surface area (Å²) in [5, 5.41) is 16.7. The van der Waals surface area contributed by atoms with Crippen molar-refractivity contribution in [1.82, 2.24) is 25.6 Å². The largest absolute Gasteiger partial charge is 0.288 e. The Kier molecular flexibility index (Phi) is 2.63. The quantitative estimate of drug-likeness (QED) is 0.763. The van der Waals surface area contributed by atoms with Crippen LogP contribution >= 0.6 is 0 Å². The minimum absolute atomic E-state index is 0.161. The van der Waals surface area contributed by atoms with Crippen LogP contribution in [0.15, 0.2) is 30.3 Å². The molecule has 0 saturated heterocycles. The van der Waals surface area contributed by atoms with Crippen LogP contribution in [0.4, 0.5) is 5.95 Å². The van der Waals surface area contributed by atoms with Gasteiger partial charge >= 0.3 is 0 Å². The van der Waals surface area contributed by atoms with Crippen LogP contribution in [0.1, 0.15) is 34.8 Å². The summed E-state index contributed by atoms with van der Waals surface area (Å²) in [6, 6.07) is 9.50. The fourth-order valence-corrected chi connectivity index (χ4v) is 2.36. The Balaban J connectivity index is 1.80. The van der Waals surface area contributed by atoms with Crippen LogP contribution in [0.2, 0.25) is 0 Å². The molecular weight excluding hydrogens is 268 g/mol. The fourth-order valence-electron chi connectivity index (χ4n) is 2.36. The fraction of sp³-hybridized carbons (Fsp3) is 0.214. The molecule has 0 unspecified atom stereocenters. The number of pyridine rings is 1. The number of nitrogens with one attached hydrogen (secondary N) is 2. The molecule has 1 saturated carbocycles. The van der Waals surface area contributed by atoms with Crippen molar-refractivity contribution in [2.24, 2.45) is 0 Å². The molecule has 0 radical (unpaired) electrons. The summed E-state index contributed by atoms with van der Waals surface area (Å²) in [5.74, 6) is 0.386. The summed E-state index contributed by atoms with van der Waals surface area (Å²) in [6.07, 6.45) is 2.27. The molecule has 0 spiro atoms. The van der Waals surface area contributed by atoms with Crippen LogP contribution < -0.4 is 5.32 Å². The topological polar surface area (TPSA) is 96.5 Å². The van der Waals surface area contributed by atoms with Crippen molar-refractivity contribution < 1.29 is 4.79 Å². The van der Waals surface area contributed by atoms with Crippen LogP contribution in [0.3, 0.4) is 0 Å². The molecule has 7 heteroatoms. The van der Waals surface area contributed by atoms with E-state index in [1.54, 1.807) is 0 Å². The molecule has 0 bridgehead atoms. The first-order chi connectivity index (χ1) is 10.3. The number of H-pyrrole nitrogens is 1. The van der Waals surface area contributed by atoms with Gasteiger partial charge in [0, 0.05) is 17.0 Å². The van der Waals surface area contributed by atoms with E-state index in [1.807, 2.05) is 30.3 Å². The lowest BCUT2D eigenvalue weighted by Crippen LogP contribution is -2.14. The van der Waals surface area contributed by atoms with Gasteiger partial charge in [0.15, 0.2) is 0 Å². The van der Waals surface area contributed by atoms with Gasteiger partial charge in [-0.3, -0.25) is 15.1 Å². The van der Waals surface area contributed by atoms with Crippen LogP contribution in [0.25, 0.3) is 10.9 Å². The molecule has 4 rings (SSSR count). The number of tetrazole rings is 1. The maximum absolute atomic E-state index is 12.5. The Hall–Kier alpha value is -2.83. The molecule has 7 nitrogen and oxygen atoms in total. The van der Waals surface area contributed by atoms with Gasteiger partial charge in [-0.2, -0.15) is 5.21 Å². The lowest BCUT2D eigenvalue weighted by Gasteiger charge is -2.08. The molecular formula is C14H12N6O. The maximum atomic E-state index is 12.5. The van der Waals surface area contributed by atoms with E-state index >= 15 is 0 Å². The van der Waals surface area contributed by atoms with E-state index in [2.05, 4.69) is 30.9 Å². The number of rotatable bonds is 3. The second-order valence-electron chi connectivity index (χ2n) is 5.08. The van der Waals surface area contributed by atoms with Gasteiger partial charge in [0.2, 0.25) is 0 Å². The molecule has 2 N–H and O–H groups in total. The molecule has 21 heavy (non-hydrogen) atoms. The van der Waals surface area contributed by atoms with Gasteiger partial charge in [0.1, 0.15) is 0 Å². The Morgan fingerprint density at radius 3 is 2.90 bits per heavy atom. The minimum Gasteiger partial charge on any atom is -0.288 e. The summed E-state index contributed by atoms with van der Waals surface area (Å²) in [5.41, 5.74) is 2.40. The maximum Gasteiger partial charge on any atom is 0.270 e. The molecule has 1 aliphatic carbocycles. The van der Waals surface area contributed by atoms with Gasteiger partial charge in [-0.1, -0.05) is 23.3 Å². The van der Waals surface area contributed by atoms with Gasteiger partial charge in [-0.05, 0) is 30.2 Å². The number of para-hydroxylation sites is 1. The van der Waals surface area contributed by atoms with Crippen molar-refractivity contribution in [3.63, 3.8) is 0 Å². The number of aromatic nitrogens is 5. The van der Waals surface area contributed by atoms with Crippen molar-refractivity contribution in [3.05, 3.63) is 41.6 Å². The monoisotopic (exact) mass is 280 g/mol. The van der Waals surface area contributed by atoms with Crippen molar-refractivity contribution >= 4 is 22.8 Å². The molecule has 1 aromatic carbocycles. The smallest absolute Gasteiger partial charge is 0.270 e. The Bertz CT molecular complexity index is 809. The Labute approximate surface area is 119 Å². The van der Waals surface area contributed by atoms with Gasteiger partial charge in [-0.15, -0.1) is 5.10 Å². The highest BCUT2D eigenvalue weighted by Crippen LogP contribution is 2.40. The number of nitrogens with zero attached hydrogens (tertiary/aromatic N) is 4. The van der Waals surface area contributed by atoms with E-state index in [-0.39, 0.29) is 11.9 Å². The number of hydrogen-bond donors (Lipinski definition) is 2. The van der Waals surface area contributed by atoms with Gasteiger partial charge < -0.3 is 0 Å². The number of carbonyl (C=O) groups is 1. The zero-order chi connectivity index (χ0) is 14.2. The van der Waals surface area contributed by atoms with E-state index < -0.39 is 0 Å². The number of aromatic amines is 1. The normalized spacial score (nSPS) is 14.3. The SMILES string of the molecule is O=C(Nc1nn[nH]n1)c1cc(C2CC2)nc2ccccc12. The van der Waals surface area contributed by atoms with E-state index in [1.165, 1.54) is 0 Å². The zero-order valence-corrected chi connectivity index (χ0v) is 11.1. The minimum atomic E-state index is -0.253. The molecule has 1 fully saturated rings. The van der Waals surface area contributed by atoms with E-state index in [4.69, 9.17) is 0 Å². The summed E-state index contributed by atoms with van der Waals surface area (Å²) in [6.45, 7) is 0. The summed E-state index contributed by atoms with van der Waals surface area (Å²) >= 11 is 0. The number of amides is 1. The third-order valence-electron chi connectivity index (χ3n) is 3.55. The van der Waals surface area contributed by atoms with Gasteiger partial charge in [0.05, 0.1) is 11.1 Å². The first-order valence-corrected chi connectivity index (χ1v) is 6.76. The van der Waals surface area contributed by atoms with Crippen molar-refractivity contribution in [2.75, 3.05) is 5.32 Å². The van der Waals surface area contributed by atoms with Crippen LogP contribution in [-0.2, 0) is 0 Å². The van der Waals surface area contributed by atoms with Gasteiger partial charge in [-0.25, -0.2) is 0 Å². The molecule has 2 aromatic heterocycles. The lowest BCUT2D eigenvalue weighted by molar-refractivity contribution is 0.102. The number of fused-ring (bicyclic) bond motifs is 1. The predicted octanol–water partition coefficient (Wildman–Crippen LogP) is 1.88. The summed E-state index contributed by atoms with van der Waals surface area (Å²) in [4.78, 5) is 17.1. The zero-order valence-electron chi connectivity index (χ0n) is 11.1. The molecule has 2 heterocycles. The highest BCUT2D eigenvalue weighted by molar-refractivity contribution is 6.11. The van der Waals surface area contributed by atoms with Crippen LogP contribution in [0.5, 0.6) is 0 Å². The number of hydrogen-bond acceptors (Lipinski definition) is 5.